The van der Waals surface area contributed by atoms with Crippen molar-refractivity contribution in [3.63, 3.8) is 0 Å². The van der Waals surface area contributed by atoms with Crippen LogP contribution in [0.3, 0.4) is 0 Å². The fourth-order valence-electron chi connectivity index (χ4n) is 4.42. The van der Waals surface area contributed by atoms with Crippen molar-refractivity contribution in [2.45, 2.75) is 52.0 Å². The summed E-state index contributed by atoms with van der Waals surface area (Å²) in [6.07, 6.45) is -0.282. The van der Waals surface area contributed by atoms with Crippen molar-refractivity contribution in [3.8, 4) is 0 Å². The Kier molecular flexibility index (Phi) is 4.83. The third-order valence-corrected chi connectivity index (χ3v) is 5.86. The van der Waals surface area contributed by atoms with Crippen molar-refractivity contribution in [1.82, 2.24) is 15.1 Å². The Balaban J connectivity index is 1.69. The molecule has 2 atom stereocenters. The highest BCUT2D eigenvalue weighted by Gasteiger charge is 2.41. The molecule has 0 aliphatic carbocycles. The Labute approximate surface area is 166 Å². The zero-order valence-electron chi connectivity index (χ0n) is 17.1. The van der Waals surface area contributed by atoms with Gasteiger partial charge in [0, 0.05) is 44.3 Å². The molecular formula is C21H29N3O4. The first kappa shape index (κ1) is 19.2. The Hall–Kier alpha value is -2.12. The second-order valence-corrected chi connectivity index (χ2v) is 8.88. The third-order valence-electron chi connectivity index (χ3n) is 5.86. The molecule has 0 bridgehead atoms. The van der Waals surface area contributed by atoms with Crippen LogP contribution in [0.4, 0.5) is 4.79 Å². The van der Waals surface area contributed by atoms with Gasteiger partial charge in [-0.1, -0.05) is 6.07 Å². The van der Waals surface area contributed by atoms with Crippen molar-refractivity contribution in [2.75, 3.05) is 32.7 Å². The van der Waals surface area contributed by atoms with E-state index in [1.165, 1.54) is 0 Å². The number of rotatable bonds is 1. The van der Waals surface area contributed by atoms with Crippen molar-refractivity contribution < 1.29 is 19.1 Å². The second-order valence-electron chi connectivity index (χ2n) is 8.88. The van der Waals surface area contributed by atoms with Gasteiger partial charge in [-0.2, -0.15) is 0 Å². The predicted molar refractivity (Wildman–Crippen MR) is 104 cm³/mol. The van der Waals surface area contributed by atoms with Gasteiger partial charge in [-0.3, -0.25) is 9.80 Å². The summed E-state index contributed by atoms with van der Waals surface area (Å²) in [5, 5.41) is 3.42. The number of carbonyl (C=O) groups excluding carboxylic acids is 2. The van der Waals surface area contributed by atoms with Crippen LogP contribution >= 0.6 is 0 Å². The first-order valence-electron chi connectivity index (χ1n) is 9.98. The van der Waals surface area contributed by atoms with Crippen LogP contribution in [0.1, 0.15) is 53.9 Å². The molecule has 1 aromatic carbocycles. The number of ether oxygens (including phenoxy) is 2. The maximum Gasteiger partial charge on any atom is 0.410 e. The maximum absolute atomic E-state index is 13.1. The number of fused-ring (bicyclic) bond motifs is 2. The Morgan fingerprint density at radius 2 is 2.07 bits per heavy atom. The van der Waals surface area contributed by atoms with Gasteiger partial charge in [-0.05, 0) is 44.9 Å². The zero-order valence-corrected chi connectivity index (χ0v) is 17.1. The van der Waals surface area contributed by atoms with E-state index in [0.29, 0.717) is 18.7 Å². The molecular weight excluding hydrogens is 358 g/mol. The maximum atomic E-state index is 13.1. The molecule has 0 spiro atoms. The van der Waals surface area contributed by atoms with E-state index in [2.05, 4.69) is 10.2 Å². The molecule has 7 heteroatoms. The Morgan fingerprint density at radius 3 is 2.82 bits per heavy atom. The molecule has 1 amide bonds. The summed E-state index contributed by atoms with van der Waals surface area (Å²) in [5.41, 5.74) is 3.14. The minimum absolute atomic E-state index is 0.106. The smallest absolute Gasteiger partial charge is 0.410 e. The van der Waals surface area contributed by atoms with E-state index in [4.69, 9.17) is 9.47 Å². The second kappa shape index (κ2) is 7.04. The lowest BCUT2D eigenvalue weighted by molar-refractivity contribution is -0.0213. The van der Waals surface area contributed by atoms with Crippen LogP contribution in [0.15, 0.2) is 12.1 Å². The first-order valence-corrected chi connectivity index (χ1v) is 9.98. The molecule has 3 aliphatic rings. The van der Waals surface area contributed by atoms with Gasteiger partial charge < -0.3 is 14.8 Å². The summed E-state index contributed by atoms with van der Waals surface area (Å²) in [7, 11) is 0. The standard InChI is InChI=1S/C21H29N3O4/c1-13-15(5-6-16-17(13)12-27-19(16)25)18-11-23-8-7-22-9-14(23)10-24(18)20(26)28-21(2,3)4/h5-6,14,18,22H,7-12H2,1-4H3. The molecule has 28 heavy (non-hydrogen) atoms. The number of hydrogen-bond acceptors (Lipinski definition) is 6. The highest BCUT2D eigenvalue weighted by Crippen LogP contribution is 2.35. The minimum atomic E-state index is -0.545. The molecule has 0 aromatic heterocycles. The van der Waals surface area contributed by atoms with Crippen LogP contribution < -0.4 is 5.32 Å². The van der Waals surface area contributed by atoms with Crippen LogP contribution in [0.5, 0.6) is 0 Å². The molecule has 152 valence electrons. The summed E-state index contributed by atoms with van der Waals surface area (Å²) in [5.74, 6) is -0.264. The van der Waals surface area contributed by atoms with Gasteiger partial charge in [0.1, 0.15) is 12.2 Å². The number of carbonyl (C=O) groups is 2. The monoisotopic (exact) mass is 387 g/mol. The highest BCUT2D eigenvalue weighted by molar-refractivity contribution is 5.94. The zero-order chi connectivity index (χ0) is 20.1. The van der Waals surface area contributed by atoms with Crippen LogP contribution in [0, 0.1) is 6.92 Å². The van der Waals surface area contributed by atoms with Gasteiger partial charge in [0.25, 0.3) is 0 Å². The van der Waals surface area contributed by atoms with Crippen LogP contribution in [-0.4, -0.2) is 66.2 Å². The largest absolute Gasteiger partial charge is 0.457 e. The Morgan fingerprint density at radius 1 is 1.29 bits per heavy atom. The van der Waals surface area contributed by atoms with Crippen molar-refractivity contribution >= 4 is 12.1 Å². The van der Waals surface area contributed by atoms with Gasteiger partial charge in [-0.25, -0.2) is 9.59 Å². The summed E-state index contributed by atoms with van der Waals surface area (Å²) < 4.78 is 10.9. The van der Waals surface area contributed by atoms with Gasteiger partial charge in [0.15, 0.2) is 0 Å². The molecule has 0 saturated carbocycles. The van der Waals surface area contributed by atoms with E-state index in [-0.39, 0.29) is 24.1 Å². The van der Waals surface area contributed by atoms with E-state index in [0.717, 1.165) is 42.9 Å². The number of nitrogens with one attached hydrogen (secondary N) is 1. The summed E-state index contributed by atoms with van der Waals surface area (Å²) in [6, 6.07) is 4.00. The molecule has 2 saturated heterocycles. The van der Waals surface area contributed by atoms with E-state index in [1.807, 2.05) is 44.7 Å². The molecule has 3 aliphatic heterocycles. The van der Waals surface area contributed by atoms with Crippen molar-refractivity contribution in [2.24, 2.45) is 0 Å². The van der Waals surface area contributed by atoms with Crippen LogP contribution in [0.2, 0.25) is 0 Å². The molecule has 3 heterocycles. The van der Waals surface area contributed by atoms with E-state index in [9.17, 15) is 9.59 Å². The number of cyclic esters (lactones) is 1. The van der Waals surface area contributed by atoms with Crippen LogP contribution in [-0.2, 0) is 16.1 Å². The molecule has 4 rings (SSSR count). The van der Waals surface area contributed by atoms with E-state index < -0.39 is 5.60 Å². The van der Waals surface area contributed by atoms with Crippen molar-refractivity contribution in [1.29, 1.82) is 0 Å². The lowest BCUT2D eigenvalue weighted by Gasteiger charge is -2.48. The molecule has 2 fully saturated rings. The SMILES string of the molecule is Cc1c(C2CN3CCNCC3CN2C(=O)OC(C)(C)C)ccc2c1COC2=O. The quantitative estimate of drug-likeness (QED) is 0.745. The lowest BCUT2D eigenvalue weighted by Crippen LogP contribution is -2.63. The van der Waals surface area contributed by atoms with Gasteiger partial charge in [-0.15, -0.1) is 0 Å². The average molecular weight is 387 g/mol. The highest BCUT2D eigenvalue weighted by atomic mass is 16.6. The van der Waals surface area contributed by atoms with Gasteiger partial charge in [0.05, 0.1) is 11.6 Å². The summed E-state index contributed by atoms with van der Waals surface area (Å²) in [4.78, 5) is 29.3. The number of hydrogen-bond donors (Lipinski definition) is 1. The summed E-state index contributed by atoms with van der Waals surface area (Å²) >= 11 is 0. The lowest BCUT2D eigenvalue weighted by atomic mass is 9.91. The number of benzene rings is 1. The Bertz CT molecular complexity index is 802. The normalized spacial score (nSPS) is 25.1. The topological polar surface area (TPSA) is 71.1 Å². The van der Waals surface area contributed by atoms with Crippen molar-refractivity contribution in [3.05, 3.63) is 34.4 Å². The number of amides is 1. The molecule has 1 N–H and O–H groups in total. The molecule has 0 radical (unpaired) electrons. The third kappa shape index (κ3) is 3.49. The van der Waals surface area contributed by atoms with Crippen LogP contribution in [0.25, 0.3) is 0 Å². The summed E-state index contributed by atoms with van der Waals surface area (Å²) in [6.45, 7) is 12.2. The molecule has 1 aromatic rings. The number of piperazine rings is 2. The predicted octanol–water partition coefficient (Wildman–Crippen LogP) is 2.23. The van der Waals surface area contributed by atoms with E-state index >= 15 is 0 Å². The molecule has 7 nitrogen and oxygen atoms in total. The fourth-order valence-corrected chi connectivity index (χ4v) is 4.42. The van der Waals surface area contributed by atoms with E-state index in [1.54, 1.807) is 0 Å². The average Bonchev–Trinajstić information content (AvgIpc) is 3.01. The van der Waals surface area contributed by atoms with Gasteiger partial charge in [0.2, 0.25) is 0 Å². The first-order chi connectivity index (χ1) is 13.2. The fraction of sp³-hybridized carbons (Fsp3) is 0.619. The number of esters is 1. The van der Waals surface area contributed by atoms with Gasteiger partial charge >= 0.3 is 12.1 Å². The number of nitrogens with zero attached hydrogens (tertiary/aromatic N) is 2. The molecule has 2 unspecified atom stereocenters. The minimum Gasteiger partial charge on any atom is -0.457 e.